The number of imide groups is 1. The Morgan fingerprint density at radius 2 is 1.44 bits per heavy atom. The van der Waals surface area contributed by atoms with Gasteiger partial charge in [-0.1, -0.05) is 97.3 Å². The minimum Gasteiger partial charge on any atom is -0.326 e. The van der Waals surface area contributed by atoms with E-state index in [9.17, 15) is 9.59 Å². The lowest BCUT2D eigenvalue weighted by Crippen LogP contribution is -2.64. The van der Waals surface area contributed by atoms with Crippen molar-refractivity contribution >= 4 is 23.6 Å². The zero-order valence-electron chi connectivity index (χ0n) is 22.1. The van der Waals surface area contributed by atoms with Gasteiger partial charge in [0.25, 0.3) is 5.91 Å². The monoisotopic (exact) mass is 476 g/mol. The van der Waals surface area contributed by atoms with E-state index < -0.39 is 18.2 Å². The topological polar surface area (TPSA) is 89.4 Å². The third kappa shape index (κ3) is 8.91. The second kappa shape index (κ2) is 15.7. The lowest BCUT2D eigenvalue weighted by Gasteiger charge is -2.36. The third-order valence-corrected chi connectivity index (χ3v) is 6.97. The van der Waals surface area contributed by atoms with Crippen LogP contribution in [0.1, 0.15) is 117 Å². The van der Waals surface area contributed by atoms with Crippen LogP contribution in [-0.4, -0.2) is 59.2 Å². The van der Waals surface area contributed by atoms with Crippen LogP contribution in [0.5, 0.6) is 0 Å². The van der Waals surface area contributed by atoms with Gasteiger partial charge in [-0.3, -0.25) is 10.1 Å². The first kappa shape index (κ1) is 28.1. The average molecular weight is 477 g/mol. The summed E-state index contributed by atoms with van der Waals surface area (Å²) in [7, 11) is 1.68. The maximum atomic E-state index is 12.6. The Morgan fingerprint density at radius 3 is 1.97 bits per heavy atom. The lowest BCUT2D eigenvalue weighted by atomic mass is 10.0. The summed E-state index contributed by atoms with van der Waals surface area (Å²) in [6, 6.07) is -0.898. The molecule has 8 heteroatoms. The van der Waals surface area contributed by atoms with Crippen LogP contribution in [0.2, 0.25) is 0 Å². The van der Waals surface area contributed by atoms with E-state index in [0.29, 0.717) is 5.96 Å². The number of nitrogens with one attached hydrogen (secondary N) is 2. The summed E-state index contributed by atoms with van der Waals surface area (Å²) in [6.07, 6.45) is 18.7. The summed E-state index contributed by atoms with van der Waals surface area (Å²) in [5.41, 5.74) is 4.00. The predicted molar refractivity (Wildman–Crippen MR) is 140 cm³/mol. The van der Waals surface area contributed by atoms with Crippen molar-refractivity contribution in [3.63, 3.8) is 0 Å². The molecule has 8 nitrogen and oxygen atoms in total. The Balaban J connectivity index is 1.67. The van der Waals surface area contributed by atoms with Crippen LogP contribution in [0.4, 0.5) is 4.79 Å². The number of likely N-dealkylation sites (N-methyl/N-ethyl adjacent to an activating group) is 1. The van der Waals surface area contributed by atoms with Crippen LogP contribution in [0.25, 0.3) is 0 Å². The van der Waals surface area contributed by atoms with Gasteiger partial charge in [0.1, 0.15) is 0 Å². The average Bonchev–Trinajstić information content (AvgIpc) is 3.20. The standard InChI is InChI=1S/C26H48N6O2/c1-5-7-8-9-10-11-12-13-14-15-16-17-18-19-20-32-22-23(31(4)26(34)28-24(22)33)27-25(32)30-29-21(3)6-2/h22-23H,5-20H2,1-4H3,(H,27,30)(H,28,33,34)/b29-21-. The molecule has 2 rings (SSSR count). The molecule has 0 saturated carbocycles. The Morgan fingerprint density at radius 1 is 0.912 bits per heavy atom. The normalized spacial score (nSPS) is 20.5. The number of rotatable bonds is 17. The third-order valence-electron chi connectivity index (χ3n) is 6.97. The molecule has 3 amide bonds. The van der Waals surface area contributed by atoms with Gasteiger partial charge in [-0.05, 0) is 19.8 Å². The summed E-state index contributed by atoms with van der Waals surface area (Å²) in [4.78, 5) is 32.7. The van der Waals surface area contributed by atoms with Crippen molar-refractivity contribution in [2.24, 2.45) is 10.1 Å². The number of aliphatic imine (C=N–C) groups is 1. The SMILES string of the molecule is CCCCCCCCCCCCCCCCN1C(N/N=C(/C)CC)=NC2C1C(=O)NC(=O)N2C. The number of fused-ring (bicyclic) bond motifs is 1. The first-order valence-electron chi connectivity index (χ1n) is 13.7. The van der Waals surface area contributed by atoms with Gasteiger partial charge >= 0.3 is 6.03 Å². The summed E-state index contributed by atoms with van der Waals surface area (Å²) in [6.45, 7) is 6.99. The smallest absolute Gasteiger partial charge is 0.325 e. The number of guanidine groups is 1. The first-order chi connectivity index (χ1) is 16.5. The van der Waals surface area contributed by atoms with Gasteiger partial charge in [-0.2, -0.15) is 5.10 Å². The van der Waals surface area contributed by atoms with Gasteiger partial charge < -0.3 is 9.80 Å². The van der Waals surface area contributed by atoms with Crippen LogP contribution in [0, 0.1) is 0 Å². The summed E-state index contributed by atoms with van der Waals surface area (Å²) >= 11 is 0. The fourth-order valence-electron chi connectivity index (χ4n) is 4.56. The molecule has 2 atom stereocenters. The van der Waals surface area contributed by atoms with Gasteiger partial charge in [0.05, 0.1) is 0 Å². The summed E-state index contributed by atoms with van der Waals surface area (Å²) in [5, 5.41) is 6.83. The number of carbonyl (C=O) groups excluding carboxylic acids is 2. The molecule has 0 aromatic carbocycles. The first-order valence-corrected chi connectivity index (χ1v) is 13.7. The molecule has 2 aliphatic heterocycles. The maximum absolute atomic E-state index is 12.6. The number of nitrogens with zero attached hydrogens (tertiary/aromatic N) is 4. The molecule has 2 N–H and O–H groups in total. The molecule has 0 aromatic heterocycles. The molecular formula is C26H48N6O2. The fraction of sp³-hybridized carbons (Fsp3) is 0.846. The number of hydrogen-bond donors (Lipinski definition) is 2. The highest BCUT2D eigenvalue weighted by molar-refractivity contribution is 6.03. The predicted octanol–water partition coefficient (Wildman–Crippen LogP) is 5.39. The van der Waals surface area contributed by atoms with Gasteiger partial charge in [-0.25, -0.2) is 15.2 Å². The van der Waals surface area contributed by atoms with Gasteiger partial charge in [0.2, 0.25) is 5.96 Å². The molecule has 2 aliphatic rings. The van der Waals surface area contributed by atoms with E-state index >= 15 is 0 Å². The van der Waals surface area contributed by atoms with Crippen molar-refractivity contribution in [2.75, 3.05) is 13.6 Å². The second-order valence-electron chi connectivity index (χ2n) is 9.82. The van der Waals surface area contributed by atoms with Crippen LogP contribution in [0.15, 0.2) is 10.1 Å². The van der Waals surface area contributed by atoms with Gasteiger partial charge in [-0.15, -0.1) is 0 Å². The Kier molecular flexibility index (Phi) is 13.0. The summed E-state index contributed by atoms with van der Waals surface area (Å²) < 4.78 is 0. The number of carbonyl (C=O) groups is 2. The van der Waals surface area contributed by atoms with E-state index in [-0.39, 0.29) is 5.91 Å². The maximum Gasteiger partial charge on any atom is 0.325 e. The van der Waals surface area contributed by atoms with E-state index in [0.717, 1.165) is 31.5 Å². The molecule has 0 aliphatic carbocycles. The van der Waals surface area contributed by atoms with E-state index in [1.807, 2.05) is 18.7 Å². The van der Waals surface area contributed by atoms with Crippen molar-refractivity contribution in [3.05, 3.63) is 0 Å². The Bertz CT molecular complexity index is 693. The van der Waals surface area contributed by atoms with E-state index in [4.69, 9.17) is 0 Å². The van der Waals surface area contributed by atoms with Crippen LogP contribution in [-0.2, 0) is 4.79 Å². The molecule has 194 valence electrons. The lowest BCUT2D eigenvalue weighted by molar-refractivity contribution is -0.127. The van der Waals surface area contributed by atoms with Crippen molar-refractivity contribution < 1.29 is 9.59 Å². The van der Waals surface area contributed by atoms with Crippen LogP contribution in [0.3, 0.4) is 0 Å². The van der Waals surface area contributed by atoms with Crippen molar-refractivity contribution in [1.82, 2.24) is 20.5 Å². The van der Waals surface area contributed by atoms with Gasteiger partial charge in [0.15, 0.2) is 12.2 Å². The van der Waals surface area contributed by atoms with Crippen molar-refractivity contribution in [1.29, 1.82) is 0 Å². The molecule has 0 radical (unpaired) electrons. The number of urea groups is 1. The van der Waals surface area contributed by atoms with Crippen LogP contribution < -0.4 is 10.7 Å². The highest BCUT2D eigenvalue weighted by Crippen LogP contribution is 2.24. The van der Waals surface area contributed by atoms with Gasteiger partial charge in [0, 0.05) is 19.3 Å². The minimum atomic E-state index is -0.507. The zero-order chi connectivity index (χ0) is 24.8. The largest absolute Gasteiger partial charge is 0.326 e. The molecule has 0 spiro atoms. The minimum absolute atomic E-state index is 0.282. The Hall–Kier alpha value is -2.12. The highest BCUT2D eigenvalue weighted by atomic mass is 16.2. The fourth-order valence-corrected chi connectivity index (χ4v) is 4.56. The van der Waals surface area contributed by atoms with E-state index in [1.165, 1.54) is 81.9 Å². The molecule has 2 heterocycles. The zero-order valence-corrected chi connectivity index (χ0v) is 22.1. The van der Waals surface area contributed by atoms with E-state index in [2.05, 4.69) is 27.8 Å². The van der Waals surface area contributed by atoms with E-state index in [1.54, 1.807) is 7.05 Å². The number of hydrogen-bond acceptors (Lipinski definition) is 6. The second-order valence-corrected chi connectivity index (χ2v) is 9.82. The molecular weight excluding hydrogens is 428 g/mol. The van der Waals surface area contributed by atoms with Crippen molar-refractivity contribution in [2.45, 2.75) is 129 Å². The van der Waals surface area contributed by atoms with Crippen molar-refractivity contribution in [3.8, 4) is 0 Å². The number of amides is 3. The Labute approximate surface area is 207 Å². The molecule has 2 unspecified atom stereocenters. The number of unbranched alkanes of at least 4 members (excludes halogenated alkanes) is 13. The number of hydrazone groups is 1. The molecule has 1 fully saturated rings. The molecule has 0 bridgehead atoms. The van der Waals surface area contributed by atoms with Crippen LogP contribution >= 0.6 is 0 Å². The molecule has 0 aromatic rings. The summed E-state index contributed by atoms with van der Waals surface area (Å²) in [5.74, 6) is 0.296. The quantitative estimate of drug-likeness (QED) is 0.167. The highest BCUT2D eigenvalue weighted by Gasteiger charge is 2.48. The molecule has 1 saturated heterocycles. The molecule has 34 heavy (non-hydrogen) atoms.